The summed E-state index contributed by atoms with van der Waals surface area (Å²) < 4.78 is 5.12. The number of hydrogen-bond donors (Lipinski definition) is 1. The molecule has 7 heteroatoms. The number of ether oxygens (including phenoxy) is 1. The molecule has 5 nitrogen and oxygen atoms in total. The Kier molecular flexibility index (Phi) is 3.31. The molecule has 0 fully saturated rings. The lowest BCUT2D eigenvalue weighted by molar-refractivity contribution is 0.410. The first kappa shape index (κ1) is 11.9. The number of phenolic OH excluding ortho intramolecular Hbond substituents is 1. The van der Waals surface area contributed by atoms with Gasteiger partial charge in [0.05, 0.1) is 12.1 Å². The van der Waals surface area contributed by atoms with Gasteiger partial charge in [0.15, 0.2) is 11.6 Å². The van der Waals surface area contributed by atoms with Crippen LogP contribution in [0.1, 0.15) is 0 Å². The number of benzene rings is 1. The van der Waals surface area contributed by atoms with Crippen molar-refractivity contribution in [1.29, 1.82) is 0 Å². The van der Waals surface area contributed by atoms with Crippen LogP contribution >= 0.6 is 23.2 Å². The fraction of sp³-hybridized carbons (Fsp3) is 0.100. The standard InChI is InChI=1S/C10H7Cl2N3O2/c1-17-8-5(11)2-3-6(16)7(8)9-13-4-14-10(12)15-9/h2-4,16H,1H3. The predicted octanol–water partition coefficient (Wildman–Crippen LogP) is 2.56. The summed E-state index contributed by atoms with van der Waals surface area (Å²) in [5, 5.41) is 10.2. The molecule has 88 valence electrons. The van der Waals surface area contributed by atoms with E-state index in [0.717, 1.165) is 0 Å². The minimum Gasteiger partial charge on any atom is -0.507 e. The highest BCUT2D eigenvalue weighted by molar-refractivity contribution is 6.32. The Balaban J connectivity index is 2.70. The van der Waals surface area contributed by atoms with Gasteiger partial charge in [0, 0.05) is 0 Å². The molecule has 0 radical (unpaired) electrons. The SMILES string of the molecule is COc1c(Cl)ccc(O)c1-c1ncnc(Cl)n1. The van der Waals surface area contributed by atoms with E-state index in [0.29, 0.717) is 5.02 Å². The molecular formula is C10H7Cl2N3O2. The largest absolute Gasteiger partial charge is 0.507 e. The highest BCUT2D eigenvalue weighted by atomic mass is 35.5. The van der Waals surface area contributed by atoms with Gasteiger partial charge in [-0.3, -0.25) is 0 Å². The first-order valence-corrected chi connectivity index (χ1v) is 5.29. The maximum atomic E-state index is 9.81. The number of aromatic nitrogens is 3. The molecule has 0 atom stereocenters. The quantitative estimate of drug-likeness (QED) is 0.909. The Morgan fingerprint density at radius 2 is 2.00 bits per heavy atom. The lowest BCUT2D eigenvalue weighted by atomic mass is 10.1. The van der Waals surface area contributed by atoms with Gasteiger partial charge in [-0.2, -0.15) is 4.98 Å². The summed E-state index contributed by atoms with van der Waals surface area (Å²) in [5.41, 5.74) is 0.282. The minimum atomic E-state index is -0.0477. The van der Waals surface area contributed by atoms with Crippen LogP contribution in [-0.4, -0.2) is 27.2 Å². The van der Waals surface area contributed by atoms with Gasteiger partial charge in [0.1, 0.15) is 17.6 Å². The van der Waals surface area contributed by atoms with E-state index in [1.54, 1.807) is 0 Å². The molecule has 0 aliphatic carbocycles. The summed E-state index contributed by atoms with van der Waals surface area (Å²) in [6, 6.07) is 2.94. The van der Waals surface area contributed by atoms with Gasteiger partial charge < -0.3 is 9.84 Å². The maximum absolute atomic E-state index is 9.81. The van der Waals surface area contributed by atoms with Crippen molar-refractivity contribution >= 4 is 23.2 Å². The Labute approximate surface area is 107 Å². The van der Waals surface area contributed by atoms with E-state index in [4.69, 9.17) is 27.9 Å². The van der Waals surface area contributed by atoms with Crippen LogP contribution in [0.5, 0.6) is 11.5 Å². The second-order valence-electron chi connectivity index (χ2n) is 3.05. The number of halogens is 2. The number of aromatic hydroxyl groups is 1. The van der Waals surface area contributed by atoms with E-state index < -0.39 is 0 Å². The third-order valence-electron chi connectivity index (χ3n) is 2.06. The molecule has 0 unspecified atom stereocenters. The van der Waals surface area contributed by atoms with E-state index in [1.807, 2.05) is 0 Å². The topological polar surface area (TPSA) is 68.1 Å². The zero-order valence-corrected chi connectivity index (χ0v) is 10.2. The lowest BCUT2D eigenvalue weighted by Crippen LogP contribution is -1.95. The molecule has 1 aromatic heterocycles. The minimum absolute atomic E-state index is 0.0245. The van der Waals surface area contributed by atoms with Crippen molar-refractivity contribution in [3.8, 4) is 22.9 Å². The molecule has 0 bridgehead atoms. The Morgan fingerprint density at radius 1 is 1.24 bits per heavy atom. The van der Waals surface area contributed by atoms with Crippen molar-refractivity contribution < 1.29 is 9.84 Å². The van der Waals surface area contributed by atoms with Crippen molar-refractivity contribution in [1.82, 2.24) is 15.0 Å². The first-order valence-electron chi connectivity index (χ1n) is 4.54. The summed E-state index contributed by atoms with van der Waals surface area (Å²) in [6.45, 7) is 0. The number of hydrogen-bond acceptors (Lipinski definition) is 5. The zero-order valence-electron chi connectivity index (χ0n) is 8.69. The van der Waals surface area contributed by atoms with Crippen molar-refractivity contribution in [2.75, 3.05) is 7.11 Å². The maximum Gasteiger partial charge on any atom is 0.225 e. The van der Waals surface area contributed by atoms with Crippen molar-refractivity contribution in [3.05, 3.63) is 28.8 Å². The number of methoxy groups -OCH3 is 1. The molecule has 2 aromatic rings. The monoisotopic (exact) mass is 271 g/mol. The van der Waals surface area contributed by atoms with Crippen LogP contribution < -0.4 is 4.74 Å². The molecule has 17 heavy (non-hydrogen) atoms. The van der Waals surface area contributed by atoms with E-state index in [-0.39, 0.29) is 28.2 Å². The van der Waals surface area contributed by atoms with Crippen LogP contribution in [0.2, 0.25) is 10.3 Å². The van der Waals surface area contributed by atoms with Crippen molar-refractivity contribution in [3.63, 3.8) is 0 Å². The van der Waals surface area contributed by atoms with Crippen molar-refractivity contribution in [2.45, 2.75) is 0 Å². The zero-order chi connectivity index (χ0) is 12.4. The van der Waals surface area contributed by atoms with Gasteiger partial charge >= 0.3 is 0 Å². The van der Waals surface area contributed by atoms with E-state index in [9.17, 15) is 5.11 Å². The average Bonchev–Trinajstić information content (AvgIpc) is 2.31. The van der Waals surface area contributed by atoms with Crippen LogP contribution in [0.15, 0.2) is 18.5 Å². The van der Waals surface area contributed by atoms with Crippen LogP contribution in [0.25, 0.3) is 11.4 Å². The molecule has 1 aromatic carbocycles. The third kappa shape index (κ3) is 2.25. The lowest BCUT2D eigenvalue weighted by Gasteiger charge is -2.10. The first-order chi connectivity index (χ1) is 8.13. The highest BCUT2D eigenvalue weighted by Gasteiger charge is 2.17. The third-order valence-corrected chi connectivity index (χ3v) is 2.54. The fourth-order valence-electron chi connectivity index (χ4n) is 1.36. The van der Waals surface area contributed by atoms with Crippen LogP contribution in [0.4, 0.5) is 0 Å². The summed E-state index contributed by atoms with van der Waals surface area (Å²) in [7, 11) is 1.44. The summed E-state index contributed by atoms with van der Waals surface area (Å²) in [6.07, 6.45) is 1.24. The molecule has 0 aliphatic heterocycles. The fourth-order valence-corrected chi connectivity index (χ4v) is 1.72. The smallest absolute Gasteiger partial charge is 0.225 e. The Hall–Kier alpha value is -1.59. The molecular weight excluding hydrogens is 265 g/mol. The van der Waals surface area contributed by atoms with E-state index in [1.165, 1.54) is 25.6 Å². The molecule has 0 saturated heterocycles. The van der Waals surface area contributed by atoms with Gasteiger partial charge in [-0.05, 0) is 23.7 Å². The molecule has 0 saturated carbocycles. The molecule has 0 amide bonds. The predicted molar refractivity (Wildman–Crippen MR) is 63.5 cm³/mol. The molecule has 2 rings (SSSR count). The van der Waals surface area contributed by atoms with Gasteiger partial charge in [-0.15, -0.1) is 0 Å². The number of phenols is 1. The molecule has 1 heterocycles. The molecule has 1 N–H and O–H groups in total. The highest BCUT2D eigenvalue weighted by Crippen LogP contribution is 2.40. The summed E-state index contributed by atoms with van der Waals surface area (Å²) >= 11 is 11.6. The summed E-state index contributed by atoms with van der Waals surface area (Å²) in [5.74, 6) is 0.435. The molecule has 0 spiro atoms. The average molecular weight is 272 g/mol. The Morgan fingerprint density at radius 3 is 2.65 bits per heavy atom. The van der Waals surface area contributed by atoms with Gasteiger partial charge in [-0.1, -0.05) is 11.6 Å². The van der Waals surface area contributed by atoms with E-state index in [2.05, 4.69) is 15.0 Å². The molecule has 0 aliphatic rings. The summed E-state index contributed by atoms with van der Waals surface area (Å²) in [4.78, 5) is 11.5. The van der Waals surface area contributed by atoms with E-state index >= 15 is 0 Å². The van der Waals surface area contributed by atoms with Crippen LogP contribution in [-0.2, 0) is 0 Å². The number of rotatable bonds is 2. The Bertz CT molecular complexity index is 563. The van der Waals surface area contributed by atoms with Gasteiger partial charge in [0.25, 0.3) is 0 Å². The second kappa shape index (κ2) is 4.73. The second-order valence-corrected chi connectivity index (χ2v) is 3.80. The van der Waals surface area contributed by atoms with Crippen molar-refractivity contribution in [2.24, 2.45) is 0 Å². The van der Waals surface area contributed by atoms with Gasteiger partial charge in [-0.25, -0.2) is 9.97 Å². The van der Waals surface area contributed by atoms with Crippen LogP contribution in [0, 0.1) is 0 Å². The normalized spacial score (nSPS) is 10.3. The number of nitrogens with zero attached hydrogens (tertiary/aromatic N) is 3. The van der Waals surface area contributed by atoms with Crippen LogP contribution in [0.3, 0.4) is 0 Å². The van der Waals surface area contributed by atoms with Gasteiger partial charge in [0.2, 0.25) is 5.28 Å².